The Labute approximate surface area is 194 Å². The van der Waals surface area contributed by atoms with Crippen molar-refractivity contribution in [3.63, 3.8) is 0 Å². The Bertz CT molecular complexity index is 1000. The third-order valence-corrected chi connectivity index (χ3v) is 6.46. The molecule has 2 heterocycles. The summed E-state index contributed by atoms with van der Waals surface area (Å²) in [5.74, 6) is -0.861. The van der Waals surface area contributed by atoms with Gasteiger partial charge in [-0.25, -0.2) is 0 Å². The van der Waals surface area contributed by atoms with E-state index in [4.69, 9.17) is 5.73 Å². The first-order valence-corrected chi connectivity index (χ1v) is 11.6. The summed E-state index contributed by atoms with van der Waals surface area (Å²) in [4.78, 5) is 47.4. The highest BCUT2D eigenvalue weighted by atomic mass is 16.2. The molecular weight excluding hydrogens is 418 g/mol. The lowest BCUT2D eigenvalue weighted by atomic mass is 9.91. The summed E-state index contributed by atoms with van der Waals surface area (Å²) in [5, 5.41) is 3.10. The number of pyridine rings is 1. The highest BCUT2D eigenvalue weighted by molar-refractivity contribution is 6.01. The monoisotopic (exact) mass is 449 g/mol. The van der Waals surface area contributed by atoms with Gasteiger partial charge in [0.15, 0.2) is 6.17 Å². The molecule has 8 nitrogen and oxygen atoms in total. The smallest absolute Gasteiger partial charge is 0.264 e. The van der Waals surface area contributed by atoms with Gasteiger partial charge in [-0.3, -0.25) is 19.4 Å². The number of carbonyl (C=O) groups is 3. The highest BCUT2D eigenvalue weighted by Gasteiger charge is 2.41. The van der Waals surface area contributed by atoms with E-state index in [1.807, 2.05) is 25.1 Å². The van der Waals surface area contributed by atoms with Gasteiger partial charge in [-0.2, -0.15) is 0 Å². The number of amides is 3. The molecule has 1 unspecified atom stereocenters. The number of hydrogen-bond donors (Lipinski definition) is 2. The van der Waals surface area contributed by atoms with E-state index in [0.29, 0.717) is 30.6 Å². The van der Waals surface area contributed by atoms with Crippen molar-refractivity contribution in [3.8, 4) is 0 Å². The van der Waals surface area contributed by atoms with Crippen LogP contribution in [-0.4, -0.2) is 63.8 Å². The van der Waals surface area contributed by atoms with E-state index in [1.54, 1.807) is 30.6 Å². The zero-order chi connectivity index (χ0) is 23.4. The molecule has 174 valence electrons. The maximum Gasteiger partial charge on any atom is 0.264 e. The van der Waals surface area contributed by atoms with Crippen LogP contribution in [0.2, 0.25) is 0 Å². The lowest BCUT2D eigenvalue weighted by molar-refractivity contribution is -0.133. The molecule has 1 saturated heterocycles. The molecule has 1 saturated carbocycles. The van der Waals surface area contributed by atoms with Crippen LogP contribution in [-0.2, 0) is 4.79 Å². The second-order valence-corrected chi connectivity index (χ2v) is 8.95. The van der Waals surface area contributed by atoms with Gasteiger partial charge < -0.3 is 20.9 Å². The largest absolute Gasteiger partial charge is 0.350 e. The average molecular weight is 450 g/mol. The third-order valence-electron chi connectivity index (χ3n) is 6.46. The van der Waals surface area contributed by atoms with Crippen LogP contribution in [0.5, 0.6) is 0 Å². The lowest BCUT2D eigenvalue weighted by Crippen LogP contribution is -2.64. The lowest BCUT2D eigenvalue weighted by Gasteiger charge is -2.43. The number of nitrogens with two attached hydrogens (primary N) is 1. The normalized spacial score (nSPS) is 23.2. The van der Waals surface area contributed by atoms with Crippen molar-refractivity contribution in [2.24, 2.45) is 5.73 Å². The van der Waals surface area contributed by atoms with Crippen LogP contribution in [0, 0.1) is 6.92 Å². The number of aromatic nitrogens is 1. The van der Waals surface area contributed by atoms with Crippen LogP contribution in [0.4, 0.5) is 0 Å². The van der Waals surface area contributed by atoms with Crippen LogP contribution in [0.3, 0.4) is 0 Å². The molecule has 3 N–H and O–H groups in total. The standard InChI is InChI=1S/C25H31N5O3/c1-17-4-2-5-19(16-17)25(33)30-15-3-14-29(24(32)18-10-12-27-13-11-18)23(30)22(31)28-21-8-6-20(26)7-9-21/h2,4-5,10-13,16,20-21,23H,3,6-9,14-15,26H2,1H3,(H,28,31). The molecule has 2 fully saturated rings. The molecule has 1 aromatic carbocycles. The van der Waals surface area contributed by atoms with Gasteiger partial charge in [-0.1, -0.05) is 17.7 Å². The fourth-order valence-electron chi connectivity index (χ4n) is 4.68. The van der Waals surface area contributed by atoms with Gasteiger partial charge in [0.2, 0.25) is 0 Å². The number of carbonyl (C=O) groups excluding carboxylic acids is 3. The van der Waals surface area contributed by atoms with Gasteiger partial charge in [0, 0.05) is 48.7 Å². The van der Waals surface area contributed by atoms with E-state index in [9.17, 15) is 14.4 Å². The molecule has 1 aliphatic heterocycles. The minimum absolute atomic E-state index is 0.00646. The van der Waals surface area contributed by atoms with Gasteiger partial charge in [-0.05, 0) is 63.3 Å². The first-order chi connectivity index (χ1) is 15.9. The summed E-state index contributed by atoms with van der Waals surface area (Å²) in [7, 11) is 0. The number of rotatable bonds is 4. The zero-order valence-corrected chi connectivity index (χ0v) is 18.9. The molecule has 0 radical (unpaired) electrons. The zero-order valence-electron chi connectivity index (χ0n) is 18.9. The molecule has 0 spiro atoms. The van der Waals surface area contributed by atoms with Crippen LogP contribution >= 0.6 is 0 Å². The van der Waals surface area contributed by atoms with Crippen molar-refractivity contribution in [2.45, 2.75) is 57.3 Å². The van der Waals surface area contributed by atoms with Crippen molar-refractivity contribution in [3.05, 3.63) is 65.5 Å². The van der Waals surface area contributed by atoms with Crippen molar-refractivity contribution in [1.29, 1.82) is 0 Å². The fourth-order valence-corrected chi connectivity index (χ4v) is 4.68. The molecule has 0 bridgehead atoms. The summed E-state index contributed by atoms with van der Waals surface area (Å²) in [5.41, 5.74) is 7.92. The van der Waals surface area contributed by atoms with Crippen molar-refractivity contribution in [2.75, 3.05) is 13.1 Å². The number of nitrogens with zero attached hydrogens (tertiary/aromatic N) is 3. The second-order valence-electron chi connectivity index (χ2n) is 8.95. The molecule has 8 heteroatoms. The summed E-state index contributed by atoms with van der Waals surface area (Å²) in [6.45, 7) is 2.72. The third kappa shape index (κ3) is 5.22. The van der Waals surface area contributed by atoms with Crippen molar-refractivity contribution in [1.82, 2.24) is 20.1 Å². The molecule has 4 rings (SSSR count). The highest BCUT2D eigenvalue weighted by Crippen LogP contribution is 2.23. The minimum atomic E-state index is -1.01. The molecular formula is C25H31N5O3. The van der Waals surface area contributed by atoms with E-state index < -0.39 is 6.17 Å². The SMILES string of the molecule is Cc1cccc(C(=O)N2CCCN(C(=O)c3ccncc3)C2C(=O)NC2CCC(N)CC2)c1. The topological polar surface area (TPSA) is 109 Å². The predicted molar refractivity (Wildman–Crippen MR) is 124 cm³/mol. The number of benzene rings is 1. The van der Waals surface area contributed by atoms with Crippen molar-refractivity contribution >= 4 is 17.7 Å². The Hall–Kier alpha value is -3.26. The van der Waals surface area contributed by atoms with Crippen molar-refractivity contribution < 1.29 is 14.4 Å². The van der Waals surface area contributed by atoms with Crippen LogP contribution in [0.1, 0.15) is 58.4 Å². The maximum absolute atomic E-state index is 13.6. The van der Waals surface area contributed by atoms with E-state index in [0.717, 1.165) is 31.2 Å². The van der Waals surface area contributed by atoms with Crippen LogP contribution < -0.4 is 11.1 Å². The Balaban J connectivity index is 1.63. The van der Waals surface area contributed by atoms with Gasteiger partial charge in [-0.15, -0.1) is 0 Å². The Morgan fingerprint density at radius 3 is 2.21 bits per heavy atom. The van der Waals surface area contributed by atoms with Gasteiger partial charge in [0.05, 0.1) is 0 Å². The first-order valence-electron chi connectivity index (χ1n) is 11.6. The van der Waals surface area contributed by atoms with Gasteiger partial charge in [0.25, 0.3) is 17.7 Å². The molecule has 1 aromatic heterocycles. The number of hydrogen-bond acceptors (Lipinski definition) is 5. The number of nitrogens with one attached hydrogen (secondary N) is 1. The van der Waals surface area contributed by atoms with E-state index >= 15 is 0 Å². The molecule has 2 aromatic rings. The Morgan fingerprint density at radius 1 is 0.939 bits per heavy atom. The quantitative estimate of drug-likeness (QED) is 0.743. The Kier molecular flexibility index (Phi) is 7.03. The first kappa shape index (κ1) is 22.9. The summed E-state index contributed by atoms with van der Waals surface area (Å²) in [6.07, 6.45) is 5.97. The summed E-state index contributed by atoms with van der Waals surface area (Å²) >= 11 is 0. The minimum Gasteiger partial charge on any atom is -0.350 e. The molecule has 2 aliphatic rings. The van der Waals surface area contributed by atoms with E-state index in [2.05, 4.69) is 10.3 Å². The molecule has 1 atom stereocenters. The van der Waals surface area contributed by atoms with Crippen LogP contribution in [0.25, 0.3) is 0 Å². The molecule has 3 amide bonds. The van der Waals surface area contributed by atoms with Gasteiger partial charge >= 0.3 is 0 Å². The molecule has 1 aliphatic carbocycles. The Morgan fingerprint density at radius 2 is 1.58 bits per heavy atom. The average Bonchev–Trinajstić information content (AvgIpc) is 2.84. The van der Waals surface area contributed by atoms with E-state index in [1.165, 1.54) is 9.80 Å². The summed E-state index contributed by atoms with van der Waals surface area (Å²) in [6, 6.07) is 10.7. The maximum atomic E-state index is 13.6. The van der Waals surface area contributed by atoms with Crippen LogP contribution in [0.15, 0.2) is 48.8 Å². The fraction of sp³-hybridized carbons (Fsp3) is 0.440. The second kappa shape index (κ2) is 10.1. The predicted octanol–water partition coefficient (Wildman–Crippen LogP) is 2.09. The summed E-state index contributed by atoms with van der Waals surface area (Å²) < 4.78 is 0. The molecule has 33 heavy (non-hydrogen) atoms. The number of aryl methyl sites for hydroxylation is 1. The van der Waals surface area contributed by atoms with E-state index in [-0.39, 0.29) is 29.8 Å². The van der Waals surface area contributed by atoms with Gasteiger partial charge in [0.1, 0.15) is 0 Å².